The average molecular weight is 210 g/mol. The van der Waals surface area contributed by atoms with Gasteiger partial charge >= 0.3 is 0 Å². The minimum absolute atomic E-state index is 0.340. The highest BCUT2D eigenvalue weighted by Crippen LogP contribution is 2.21. The number of aromatic nitrogens is 2. The highest BCUT2D eigenvalue weighted by atomic mass is 32.2. The van der Waals surface area contributed by atoms with Crippen molar-refractivity contribution < 1.29 is 4.74 Å². The van der Waals surface area contributed by atoms with Crippen molar-refractivity contribution in [3.63, 3.8) is 0 Å². The molecular weight excluding hydrogens is 196 g/mol. The molecule has 0 aromatic carbocycles. The van der Waals surface area contributed by atoms with Gasteiger partial charge in [0.2, 0.25) is 5.88 Å². The minimum atomic E-state index is 0.340. The van der Waals surface area contributed by atoms with Gasteiger partial charge in [0.1, 0.15) is 6.10 Å². The van der Waals surface area contributed by atoms with Crippen LogP contribution in [0.15, 0.2) is 12.4 Å². The van der Waals surface area contributed by atoms with E-state index >= 15 is 0 Å². The first-order valence-electron chi connectivity index (χ1n) is 4.87. The number of nitrogens with zero attached hydrogens (tertiary/aromatic N) is 2. The molecule has 14 heavy (non-hydrogen) atoms. The quantitative estimate of drug-likeness (QED) is 0.748. The molecule has 0 bridgehead atoms. The molecule has 1 aromatic heterocycles. The molecule has 1 aromatic rings. The molecule has 1 aliphatic rings. The molecule has 0 saturated carbocycles. The predicted octanol–water partition coefficient (Wildman–Crippen LogP) is 2.06. The van der Waals surface area contributed by atoms with Crippen LogP contribution in [0.2, 0.25) is 0 Å². The number of thioether (sulfide) groups is 1. The molecule has 0 amide bonds. The third-order valence-corrected chi connectivity index (χ3v) is 3.24. The molecule has 2 heterocycles. The Labute approximate surface area is 88.3 Å². The molecule has 1 aliphatic heterocycles. The van der Waals surface area contributed by atoms with Crippen LogP contribution in [0.5, 0.6) is 5.88 Å². The third-order valence-electron chi connectivity index (χ3n) is 2.19. The molecule has 2 rings (SSSR count). The summed E-state index contributed by atoms with van der Waals surface area (Å²) in [4.78, 5) is 8.33. The highest BCUT2D eigenvalue weighted by Gasteiger charge is 2.15. The van der Waals surface area contributed by atoms with Crippen molar-refractivity contribution >= 4 is 11.8 Å². The summed E-state index contributed by atoms with van der Waals surface area (Å²) in [5.74, 6) is 3.07. The summed E-state index contributed by atoms with van der Waals surface area (Å²) in [7, 11) is 0. The van der Waals surface area contributed by atoms with Crippen molar-refractivity contribution in [2.75, 3.05) is 11.5 Å². The van der Waals surface area contributed by atoms with Crippen LogP contribution >= 0.6 is 11.8 Å². The Hall–Kier alpha value is -0.770. The van der Waals surface area contributed by atoms with Crippen molar-refractivity contribution in [3.05, 3.63) is 18.1 Å². The minimum Gasteiger partial charge on any atom is -0.473 e. The SMILES string of the molecule is Cc1cncc(OC2CCSCC2)n1. The monoisotopic (exact) mass is 210 g/mol. The Balaban J connectivity index is 1.95. The van der Waals surface area contributed by atoms with Crippen LogP contribution in [0.4, 0.5) is 0 Å². The largest absolute Gasteiger partial charge is 0.473 e. The van der Waals surface area contributed by atoms with E-state index in [0.717, 1.165) is 18.5 Å². The van der Waals surface area contributed by atoms with Gasteiger partial charge < -0.3 is 4.74 Å². The van der Waals surface area contributed by atoms with Gasteiger partial charge in [-0.15, -0.1) is 0 Å². The fourth-order valence-electron chi connectivity index (χ4n) is 1.46. The van der Waals surface area contributed by atoms with Gasteiger partial charge in [-0.25, -0.2) is 4.98 Å². The zero-order chi connectivity index (χ0) is 9.80. The van der Waals surface area contributed by atoms with Crippen LogP contribution < -0.4 is 4.74 Å². The Kier molecular flexibility index (Phi) is 3.24. The Bertz CT molecular complexity index is 300. The van der Waals surface area contributed by atoms with E-state index in [1.54, 1.807) is 12.4 Å². The molecule has 76 valence electrons. The zero-order valence-corrected chi connectivity index (χ0v) is 9.09. The first-order chi connectivity index (χ1) is 6.84. The van der Waals surface area contributed by atoms with E-state index in [1.807, 2.05) is 18.7 Å². The van der Waals surface area contributed by atoms with Crippen LogP contribution in [-0.2, 0) is 0 Å². The first-order valence-corrected chi connectivity index (χ1v) is 6.03. The van der Waals surface area contributed by atoms with Crippen LogP contribution in [0.25, 0.3) is 0 Å². The molecule has 1 saturated heterocycles. The Morgan fingerprint density at radius 2 is 2.14 bits per heavy atom. The van der Waals surface area contributed by atoms with Crippen LogP contribution in [0, 0.1) is 6.92 Å². The second-order valence-corrected chi connectivity index (χ2v) is 4.65. The van der Waals surface area contributed by atoms with Gasteiger partial charge in [-0.1, -0.05) is 0 Å². The fraction of sp³-hybridized carbons (Fsp3) is 0.600. The summed E-state index contributed by atoms with van der Waals surface area (Å²) < 4.78 is 5.75. The van der Waals surface area contributed by atoms with E-state index < -0.39 is 0 Å². The summed E-state index contributed by atoms with van der Waals surface area (Å²) in [5.41, 5.74) is 0.910. The molecule has 0 spiro atoms. The number of ether oxygens (including phenoxy) is 1. The van der Waals surface area contributed by atoms with E-state index in [0.29, 0.717) is 12.0 Å². The van der Waals surface area contributed by atoms with E-state index in [9.17, 15) is 0 Å². The Morgan fingerprint density at radius 3 is 2.86 bits per heavy atom. The lowest BCUT2D eigenvalue weighted by Crippen LogP contribution is -2.22. The van der Waals surface area contributed by atoms with Crippen molar-refractivity contribution in [3.8, 4) is 5.88 Å². The topological polar surface area (TPSA) is 35.0 Å². The molecule has 0 atom stereocenters. The van der Waals surface area contributed by atoms with Gasteiger partial charge in [-0.3, -0.25) is 4.98 Å². The standard InChI is InChI=1S/C10H14N2OS/c1-8-6-11-7-10(12-8)13-9-2-4-14-5-3-9/h6-7,9H,2-5H2,1H3. The smallest absolute Gasteiger partial charge is 0.232 e. The molecule has 0 N–H and O–H groups in total. The molecule has 3 nitrogen and oxygen atoms in total. The molecule has 0 unspecified atom stereocenters. The number of rotatable bonds is 2. The molecule has 1 fully saturated rings. The van der Waals surface area contributed by atoms with Gasteiger partial charge in [-0.05, 0) is 31.3 Å². The number of hydrogen-bond donors (Lipinski definition) is 0. The summed E-state index contributed by atoms with van der Waals surface area (Å²) >= 11 is 2.00. The Morgan fingerprint density at radius 1 is 1.36 bits per heavy atom. The maximum absolute atomic E-state index is 5.75. The van der Waals surface area contributed by atoms with Crippen LogP contribution in [0.1, 0.15) is 18.5 Å². The lowest BCUT2D eigenvalue weighted by Gasteiger charge is -2.21. The molecular formula is C10H14N2OS. The van der Waals surface area contributed by atoms with Crippen molar-refractivity contribution in [2.24, 2.45) is 0 Å². The second-order valence-electron chi connectivity index (χ2n) is 3.43. The number of hydrogen-bond acceptors (Lipinski definition) is 4. The summed E-state index contributed by atoms with van der Waals surface area (Å²) in [5, 5.41) is 0. The van der Waals surface area contributed by atoms with Crippen molar-refractivity contribution in [1.29, 1.82) is 0 Å². The van der Waals surface area contributed by atoms with Crippen LogP contribution in [-0.4, -0.2) is 27.6 Å². The molecule has 0 aliphatic carbocycles. The van der Waals surface area contributed by atoms with Gasteiger partial charge in [-0.2, -0.15) is 11.8 Å². The van der Waals surface area contributed by atoms with E-state index in [2.05, 4.69) is 9.97 Å². The van der Waals surface area contributed by atoms with E-state index in [1.165, 1.54) is 11.5 Å². The van der Waals surface area contributed by atoms with Gasteiger partial charge in [0.05, 0.1) is 11.9 Å². The zero-order valence-electron chi connectivity index (χ0n) is 8.27. The summed E-state index contributed by atoms with van der Waals surface area (Å²) in [6.45, 7) is 1.93. The van der Waals surface area contributed by atoms with E-state index in [4.69, 9.17) is 4.74 Å². The second kappa shape index (κ2) is 4.64. The summed E-state index contributed by atoms with van der Waals surface area (Å²) in [6.07, 6.45) is 6.02. The maximum atomic E-state index is 5.75. The van der Waals surface area contributed by atoms with Gasteiger partial charge in [0.25, 0.3) is 0 Å². The van der Waals surface area contributed by atoms with E-state index in [-0.39, 0.29) is 0 Å². The average Bonchev–Trinajstić information content (AvgIpc) is 2.19. The van der Waals surface area contributed by atoms with Crippen molar-refractivity contribution in [2.45, 2.75) is 25.9 Å². The highest BCUT2D eigenvalue weighted by molar-refractivity contribution is 7.99. The third kappa shape index (κ3) is 2.61. The maximum Gasteiger partial charge on any atom is 0.232 e. The normalized spacial score (nSPS) is 18.1. The number of aryl methyl sites for hydroxylation is 1. The van der Waals surface area contributed by atoms with Crippen LogP contribution in [0.3, 0.4) is 0 Å². The predicted molar refractivity (Wildman–Crippen MR) is 57.7 cm³/mol. The molecule has 0 radical (unpaired) electrons. The molecule has 4 heteroatoms. The first kappa shape index (κ1) is 9.77. The fourth-order valence-corrected chi connectivity index (χ4v) is 2.53. The van der Waals surface area contributed by atoms with Gasteiger partial charge in [0, 0.05) is 6.20 Å². The van der Waals surface area contributed by atoms with Gasteiger partial charge in [0.15, 0.2) is 0 Å². The lowest BCUT2D eigenvalue weighted by atomic mass is 10.2. The lowest BCUT2D eigenvalue weighted by molar-refractivity contribution is 0.183. The van der Waals surface area contributed by atoms with Crippen molar-refractivity contribution in [1.82, 2.24) is 9.97 Å². The summed E-state index contributed by atoms with van der Waals surface area (Å²) in [6, 6.07) is 0.